The van der Waals surface area contributed by atoms with Gasteiger partial charge in [0.15, 0.2) is 5.56 Å². The number of carbonyl (C=O) groups excluding carboxylic acids is 2. The lowest BCUT2D eigenvalue weighted by Gasteiger charge is -2.16. The highest BCUT2D eigenvalue weighted by Crippen LogP contribution is 2.33. The zero-order valence-electron chi connectivity index (χ0n) is 17.8. The minimum atomic E-state index is -1.35. The first kappa shape index (κ1) is 23.4. The lowest BCUT2D eigenvalue weighted by molar-refractivity contribution is -0.135. The van der Waals surface area contributed by atoms with Crippen LogP contribution in [0.1, 0.15) is 42.1 Å². The van der Waals surface area contributed by atoms with Crippen molar-refractivity contribution >= 4 is 23.6 Å². The molecule has 1 aliphatic carbocycles. The summed E-state index contributed by atoms with van der Waals surface area (Å²) in [6.07, 6.45) is 2.51. The fraction of sp³-hybridized carbons (Fsp3) is 0.333. The Bertz CT molecular complexity index is 1260. The Labute approximate surface area is 187 Å². The third-order valence-corrected chi connectivity index (χ3v) is 5.10. The Kier molecular flexibility index (Phi) is 6.75. The average Bonchev–Trinajstić information content (AvgIpc) is 3.56. The van der Waals surface area contributed by atoms with Crippen molar-refractivity contribution in [3.05, 3.63) is 56.2 Å². The van der Waals surface area contributed by atoms with Crippen molar-refractivity contribution in [3.63, 3.8) is 0 Å². The molecule has 1 saturated carbocycles. The topological polar surface area (TPSA) is 184 Å². The number of rotatable bonds is 8. The summed E-state index contributed by atoms with van der Waals surface area (Å²) in [6.45, 7) is 0.488. The van der Waals surface area contributed by atoms with E-state index in [4.69, 9.17) is 10.5 Å². The number of aliphatic carboxylic acids is 1. The van der Waals surface area contributed by atoms with Crippen LogP contribution in [0.25, 0.3) is 5.69 Å². The van der Waals surface area contributed by atoms with Gasteiger partial charge in [0.2, 0.25) is 11.8 Å². The number of nitrogens with one attached hydrogen (secondary N) is 3. The number of carbonyl (C=O) groups is 3. The highest BCUT2D eigenvalue weighted by atomic mass is 16.4. The van der Waals surface area contributed by atoms with Crippen molar-refractivity contribution in [2.45, 2.75) is 32.7 Å². The highest BCUT2D eigenvalue weighted by Gasteiger charge is 2.27. The van der Waals surface area contributed by atoms with Crippen molar-refractivity contribution in [3.8, 4) is 11.6 Å². The van der Waals surface area contributed by atoms with Gasteiger partial charge in [0.05, 0.1) is 5.69 Å². The second-order valence-corrected chi connectivity index (χ2v) is 7.69. The molecule has 1 fully saturated rings. The normalized spacial score (nSPS) is 12.8. The minimum Gasteiger partial charge on any atom is -0.494 e. The van der Waals surface area contributed by atoms with E-state index in [1.807, 2.05) is 5.32 Å². The van der Waals surface area contributed by atoms with Gasteiger partial charge in [-0.25, -0.2) is 9.36 Å². The first-order chi connectivity index (χ1) is 15.6. The molecule has 1 aliphatic rings. The molecular weight excluding hydrogens is 434 g/mol. The van der Waals surface area contributed by atoms with Gasteiger partial charge in [-0.2, -0.15) is 0 Å². The van der Waals surface area contributed by atoms with Crippen LogP contribution in [0.3, 0.4) is 0 Å². The molecule has 0 unspecified atom stereocenters. The smallest absolute Gasteiger partial charge is 0.338 e. The predicted octanol–water partition coefficient (Wildman–Crippen LogP) is -0.219. The molecule has 1 aromatic carbocycles. The highest BCUT2D eigenvalue weighted by molar-refractivity contribution is 6.05. The summed E-state index contributed by atoms with van der Waals surface area (Å²) < 4.78 is 1.58. The van der Waals surface area contributed by atoms with Gasteiger partial charge < -0.3 is 20.8 Å². The van der Waals surface area contributed by atoms with E-state index in [0.29, 0.717) is 16.9 Å². The van der Waals surface area contributed by atoms with Gasteiger partial charge in [-0.05, 0) is 24.5 Å². The molecule has 0 spiro atoms. The number of aromatic nitrogens is 2. The third-order valence-electron chi connectivity index (χ3n) is 5.10. The van der Waals surface area contributed by atoms with E-state index in [-0.39, 0.29) is 23.6 Å². The van der Waals surface area contributed by atoms with Crippen molar-refractivity contribution in [2.24, 2.45) is 5.92 Å². The number of hydrogen-bond donors (Lipinski definition) is 5. The molecular formula is C21H23N5O7. The number of benzene rings is 1. The summed E-state index contributed by atoms with van der Waals surface area (Å²) in [5, 5.41) is 31.7. The van der Waals surface area contributed by atoms with Crippen LogP contribution in [0.2, 0.25) is 0 Å². The van der Waals surface area contributed by atoms with Crippen molar-refractivity contribution in [1.29, 1.82) is 5.41 Å². The Morgan fingerprint density at radius 2 is 1.91 bits per heavy atom. The Balaban J connectivity index is 2.15. The molecule has 33 heavy (non-hydrogen) atoms. The summed E-state index contributed by atoms with van der Waals surface area (Å²) >= 11 is 0. The maximum atomic E-state index is 13.2. The van der Waals surface area contributed by atoms with Crippen LogP contribution in [0.4, 0.5) is 0 Å². The van der Waals surface area contributed by atoms with E-state index in [0.717, 1.165) is 17.4 Å². The Morgan fingerprint density at radius 3 is 2.52 bits per heavy atom. The number of nitrogens with zero attached hydrogens (tertiary/aromatic N) is 2. The Morgan fingerprint density at radius 1 is 1.21 bits per heavy atom. The van der Waals surface area contributed by atoms with Crippen LogP contribution in [0.5, 0.6) is 5.88 Å². The largest absolute Gasteiger partial charge is 0.494 e. The third kappa shape index (κ3) is 5.34. The second kappa shape index (κ2) is 9.51. The molecule has 12 heteroatoms. The molecule has 3 rings (SSSR count). The number of hydrogen-bond acceptors (Lipinski definition) is 7. The van der Waals surface area contributed by atoms with Crippen molar-refractivity contribution in [2.75, 3.05) is 6.54 Å². The molecule has 1 aromatic heterocycles. The van der Waals surface area contributed by atoms with Crippen LogP contribution in [0.15, 0.2) is 33.9 Å². The Hall–Kier alpha value is -4.22. The van der Waals surface area contributed by atoms with Crippen LogP contribution in [-0.2, 0) is 16.1 Å². The zero-order valence-corrected chi connectivity index (χ0v) is 17.8. The summed E-state index contributed by atoms with van der Waals surface area (Å²) in [5.74, 6) is -3.70. The summed E-state index contributed by atoms with van der Waals surface area (Å²) in [4.78, 5) is 60.9. The number of amides is 2. The van der Waals surface area contributed by atoms with Crippen LogP contribution < -0.4 is 21.9 Å². The van der Waals surface area contributed by atoms with Crippen LogP contribution >= 0.6 is 0 Å². The van der Waals surface area contributed by atoms with Gasteiger partial charge >= 0.3 is 11.7 Å². The second-order valence-electron chi connectivity index (χ2n) is 7.69. The number of carboxylic acid groups (broad SMARTS) is 1. The van der Waals surface area contributed by atoms with Crippen molar-refractivity contribution in [1.82, 2.24) is 19.8 Å². The van der Waals surface area contributed by atoms with E-state index >= 15 is 0 Å². The molecule has 0 saturated heterocycles. The maximum Gasteiger partial charge on any atom is 0.338 e. The molecule has 2 amide bonds. The molecule has 174 valence electrons. The fourth-order valence-electron chi connectivity index (χ4n) is 3.28. The van der Waals surface area contributed by atoms with Crippen LogP contribution in [0, 0.1) is 11.3 Å². The standard InChI is InChI=1S/C21H23N5O7/c1-11(27)24-17(22)13-3-2-4-14(9-13)26-20(32)16(18(30)23-10-15(28)29)19(31)25(21(26)33)8-7-12-5-6-12/h2-4,9,12,31H,5-8,10H2,1H3,(H,23,30)(H,28,29)(H2,22,24,27). The van der Waals surface area contributed by atoms with E-state index in [1.54, 1.807) is 0 Å². The molecule has 0 bridgehead atoms. The zero-order chi connectivity index (χ0) is 24.3. The first-order valence-corrected chi connectivity index (χ1v) is 10.2. The summed E-state index contributed by atoms with van der Waals surface area (Å²) in [6, 6.07) is 5.65. The molecule has 5 N–H and O–H groups in total. The van der Waals surface area contributed by atoms with E-state index in [2.05, 4.69) is 5.32 Å². The predicted molar refractivity (Wildman–Crippen MR) is 116 cm³/mol. The van der Waals surface area contributed by atoms with Crippen LogP contribution in [-0.4, -0.2) is 49.5 Å². The van der Waals surface area contributed by atoms with E-state index in [1.165, 1.54) is 31.2 Å². The van der Waals surface area contributed by atoms with E-state index < -0.39 is 47.0 Å². The van der Waals surface area contributed by atoms with Gasteiger partial charge in [-0.3, -0.25) is 29.2 Å². The quantitative estimate of drug-likeness (QED) is 0.268. The number of carboxylic acids is 1. The molecule has 12 nitrogen and oxygen atoms in total. The fourth-order valence-corrected chi connectivity index (χ4v) is 3.28. The number of amidine groups is 1. The molecule has 1 heterocycles. The van der Waals surface area contributed by atoms with E-state index in [9.17, 15) is 29.1 Å². The molecule has 0 atom stereocenters. The maximum absolute atomic E-state index is 13.2. The van der Waals surface area contributed by atoms with Gasteiger partial charge in [0.1, 0.15) is 12.4 Å². The molecule has 2 aromatic rings. The average molecular weight is 457 g/mol. The van der Waals surface area contributed by atoms with Gasteiger partial charge in [-0.1, -0.05) is 25.0 Å². The molecule has 0 aliphatic heterocycles. The monoisotopic (exact) mass is 457 g/mol. The molecule has 0 radical (unpaired) electrons. The minimum absolute atomic E-state index is 0.00468. The SMILES string of the molecule is CC(=O)NC(=N)c1cccc(-n2c(=O)c(C(=O)NCC(=O)O)c(O)n(CCC3CC3)c2=O)c1. The van der Waals surface area contributed by atoms with Gasteiger partial charge in [0.25, 0.3) is 11.5 Å². The summed E-state index contributed by atoms with van der Waals surface area (Å²) in [7, 11) is 0. The lowest BCUT2D eigenvalue weighted by Crippen LogP contribution is -2.44. The van der Waals surface area contributed by atoms with Gasteiger partial charge in [-0.15, -0.1) is 0 Å². The summed E-state index contributed by atoms with van der Waals surface area (Å²) in [5.41, 5.74) is -2.61. The number of aromatic hydroxyl groups is 1. The first-order valence-electron chi connectivity index (χ1n) is 10.2. The van der Waals surface area contributed by atoms with Gasteiger partial charge in [0, 0.05) is 19.0 Å². The van der Waals surface area contributed by atoms with Crippen molar-refractivity contribution < 1.29 is 24.6 Å². The lowest BCUT2D eigenvalue weighted by atomic mass is 10.1.